The van der Waals surface area contributed by atoms with Gasteiger partial charge in [-0.1, -0.05) is 30.3 Å². The maximum absolute atomic E-state index is 14.2. The Kier molecular flexibility index (Phi) is 5.88. The predicted octanol–water partition coefficient (Wildman–Crippen LogP) is 2.50. The lowest BCUT2D eigenvalue weighted by molar-refractivity contribution is 0.0596. The molecule has 1 atom stereocenters. The van der Waals surface area contributed by atoms with Gasteiger partial charge in [0.05, 0.1) is 37.1 Å². The van der Waals surface area contributed by atoms with Crippen molar-refractivity contribution in [3.05, 3.63) is 65.0 Å². The number of hydrogen-bond donors (Lipinski definition) is 2. The number of ether oxygens (including phenoxy) is 1. The Hall–Kier alpha value is -2.91. The van der Waals surface area contributed by atoms with Gasteiger partial charge in [0.15, 0.2) is 0 Å². The normalized spacial score (nSPS) is 11.4. The number of nitriles is 1. The number of carbonyl (C=O) groups is 1. The summed E-state index contributed by atoms with van der Waals surface area (Å²) in [6, 6.07) is 13.2. The third-order valence-electron chi connectivity index (χ3n) is 3.51. The van der Waals surface area contributed by atoms with E-state index in [4.69, 9.17) is 5.26 Å². The van der Waals surface area contributed by atoms with Gasteiger partial charge in [0.25, 0.3) is 0 Å². The third-order valence-corrected chi connectivity index (χ3v) is 3.51. The highest BCUT2D eigenvalue weighted by Gasteiger charge is 2.21. The van der Waals surface area contributed by atoms with E-state index in [0.717, 1.165) is 18.7 Å². The van der Waals surface area contributed by atoms with Crippen LogP contribution in [0.5, 0.6) is 0 Å². The van der Waals surface area contributed by atoms with Crippen LogP contribution < -0.4 is 5.32 Å². The van der Waals surface area contributed by atoms with Gasteiger partial charge in [-0.15, -0.1) is 0 Å². The molecule has 0 saturated heterocycles. The molecule has 0 amide bonds. The van der Waals surface area contributed by atoms with Crippen molar-refractivity contribution in [3.8, 4) is 6.07 Å². The number of hydrogen-bond acceptors (Lipinski definition) is 5. The first-order valence-corrected chi connectivity index (χ1v) is 7.32. The minimum Gasteiger partial charge on any atom is -0.465 e. The number of rotatable bonds is 6. The van der Waals surface area contributed by atoms with E-state index in [9.17, 15) is 14.3 Å². The highest BCUT2D eigenvalue weighted by Crippen LogP contribution is 2.24. The van der Waals surface area contributed by atoms with Gasteiger partial charge in [-0.2, -0.15) is 5.26 Å². The summed E-state index contributed by atoms with van der Waals surface area (Å²) in [6.07, 6.45) is 0.469. The summed E-state index contributed by atoms with van der Waals surface area (Å²) in [5, 5.41) is 21.5. The average Bonchev–Trinajstić information content (AvgIpc) is 2.61. The zero-order chi connectivity index (χ0) is 17.5. The number of benzene rings is 2. The zero-order valence-electron chi connectivity index (χ0n) is 13.1. The summed E-state index contributed by atoms with van der Waals surface area (Å²) < 4.78 is 18.8. The Labute approximate surface area is 139 Å². The quantitative estimate of drug-likeness (QED) is 0.796. The lowest BCUT2D eigenvalue weighted by Crippen LogP contribution is -2.28. The molecule has 0 saturated carbocycles. The van der Waals surface area contributed by atoms with Gasteiger partial charge in [0, 0.05) is 0 Å². The van der Waals surface area contributed by atoms with Crippen molar-refractivity contribution in [3.63, 3.8) is 0 Å². The maximum atomic E-state index is 14.2. The number of esters is 1. The number of methoxy groups -OCH3 is 1. The largest absolute Gasteiger partial charge is 0.465 e. The van der Waals surface area contributed by atoms with Gasteiger partial charge in [-0.25, -0.2) is 9.18 Å². The van der Waals surface area contributed by atoms with Gasteiger partial charge < -0.3 is 15.2 Å². The fraction of sp³-hybridized carbons (Fsp3) is 0.222. The molecule has 0 heterocycles. The molecule has 24 heavy (non-hydrogen) atoms. The van der Waals surface area contributed by atoms with Crippen molar-refractivity contribution in [2.24, 2.45) is 0 Å². The molecule has 2 aromatic rings. The molecule has 0 aliphatic heterocycles. The second kappa shape index (κ2) is 8.09. The van der Waals surface area contributed by atoms with Crippen LogP contribution in [-0.2, 0) is 11.2 Å². The van der Waals surface area contributed by atoms with Gasteiger partial charge in [-0.05, 0) is 24.1 Å². The second-order valence-corrected chi connectivity index (χ2v) is 5.20. The first-order valence-electron chi connectivity index (χ1n) is 7.32. The summed E-state index contributed by atoms with van der Waals surface area (Å²) in [4.78, 5) is 11.8. The Morgan fingerprint density at radius 2 is 2.08 bits per heavy atom. The summed E-state index contributed by atoms with van der Waals surface area (Å²) >= 11 is 0. The van der Waals surface area contributed by atoms with Crippen LogP contribution in [0.3, 0.4) is 0 Å². The van der Waals surface area contributed by atoms with Crippen molar-refractivity contribution >= 4 is 11.7 Å². The molecule has 2 aromatic carbocycles. The molecular weight excluding hydrogens is 311 g/mol. The lowest BCUT2D eigenvalue weighted by Gasteiger charge is -2.20. The van der Waals surface area contributed by atoms with Crippen LogP contribution in [-0.4, -0.2) is 30.8 Å². The van der Waals surface area contributed by atoms with Crippen LogP contribution in [0.2, 0.25) is 0 Å². The fourth-order valence-electron chi connectivity index (χ4n) is 2.37. The summed E-state index contributed by atoms with van der Waals surface area (Å²) in [5.41, 5.74) is 0.871. The number of aliphatic hydroxyl groups excluding tert-OH is 1. The Balaban J connectivity index is 2.33. The Morgan fingerprint density at radius 1 is 1.38 bits per heavy atom. The predicted molar refractivity (Wildman–Crippen MR) is 87.1 cm³/mol. The number of nitrogens with zero attached hydrogens (tertiary/aromatic N) is 1. The van der Waals surface area contributed by atoms with Crippen molar-refractivity contribution in [2.75, 3.05) is 19.0 Å². The van der Waals surface area contributed by atoms with Crippen LogP contribution in [0, 0.1) is 17.1 Å². The first-order chi connectivity index (χ1) is 11.6. The molecule has 0 aromatic heterocycles. The van der Waals surface area contributed by atoms with Gasteiger partial charge in [0.2, 0.25) is 0 Å². The summed E-state index contributed by atoms with van der Waals surface area (Å²) in [7, 11) is 1.15. The molecule has 2 rings (SSSR count). The Bertz CT molecular complexity index is 757. The Morgan fingerprint density at radius 3 is 2.67 bits per heavy atom. The van der Waals surface area contributed by atoms with Crippen LogP contribution in [0.15, 0.2) is 42.5 Å². The van der Waals surface area contributed by atoms with E-state index in [1.165, 1.54) is 6.07 Å². The SMILES string of the molecule is COC(=O)c1c(F)cc(C#N)cc1N[C@H](CO)Cc1ccccc1. The van der Waals surface area contributed by atoms with Crippen LogP contribution in [0.4, 0.5) is 10.1 Å². The number of anilines is 1. The highest BCUT2D eigenvalue weighted by atomic mass is 19.1. The molecule has 0 bridgehead atoms. The van der Waals surface area contributed by atoms with E-state index in [1.807, 2.05) is 36.4 Å². The van der Waals surface area contributed by atoms with E-state index in [-0.39, 0.29) is 23.4 Å². The summed E-state index contributed by atoms with van der Waals surface area (Å²) in [6.45, 7) is -0.228. The summed E-state index contributed by atoms with van der Waals surface area (Å²) in [5.74, 6) is -1.70. The van der Waals surface area contributed by atoms with E-state index < -0.39 is 17.8 Å². The van der Waals surface area contributed by atoms with Gasteiger partial charge in [0.1, 0.15) is 11.4 Å². The standard InChI is InChI=1S/C18H17FN2O3/c1-24-18(23)17-15(19)8-13(10-20)9-16(17)21-14(11-22)7-12-5-3-2-4-6-12/h2-6,8-9,14,21-22H,7,11H2,1H3/t14-/m0/s1. The number of carbonyl (C=O) groups excluding carboxylic acids is 1. The van der Waals surface area contributed by atoms with Gasteiger partial charge >= 0.3 is 5.97 Å². The van der Waals surface area contributed by atoms with E-state index in [1.54, 1.807) is 0 Å². The van der Waals surface area contributed by atoms with E-state index in [0.29, 0.717) is 6.42 Å². The van der Waals surface area contributed by atoms with E-state index in [2.05, 4.69) is 10.1 Å². The number of halogens is 1. The molecule has 0 aliphatic rings. The maximum Gasteiger partial charge on any atom is 0.342 e. The molecule has 0 radical (unpaired) electrons. The molecule has 5 nitrogen and oxygen atoms in total. The van der Waals surface area contributed by atoms with Crippen molar-refractivity contribution in [1.82, 2.24) is 0 Å². The van der Waals surface area contributed by atoms with Crippen LogP contribution in [0.25, 0.3) is 0 Å². The van der Waals surface area contributed by atoms with Gasteiger partial charge in [-0.3, -0.25) is 0 Å². The highest BCUT2D eigenvalue weighted by molar-refractivity contribution is 5.96. The topological polar surface area (TPSA) is 82.4 Å². The fourth-order valence-corrected chi connectivity index (χ4v) is 2.37. The molecule has 0 spiro atoms. The zero-order valence-corrected chi connectivity index (χ0v) is 13.1. The third kappa shape index (κ3) is 4.09. The van der Waals surface area contributed by atoms with Crippen LogP contribution in [0.1, 0.15) is 21.5 Å². The molecule has 0 unspecified atom stereocenters. The minimum absolute atomic E-state index is 0.0686. The van der Waals surface area contributed by atoms with Crippen molar-refractivity contribution < 1.29 is 19.0 Å². The molecular formula is C18H17FN2O3. The van der Waals surface area contributed by atoms with E-state index >= 15 is 0 Å². The van der Waals surface area contributed by atoms with Crippen molar-refractivity contribution in [2.45, 2.75) is 12.5 Å². The van der Waals surface area contributed by atoms with Crippen LogP contribution >= 0.6 is 0 Å². The average molecular weight is 328 g/mol. The second-order valence-electron chi connectivity index (χ2n) is 5.20. The first kappa shape index (κ1) is 17.4. The smallest absolute Gasteiger partial charge is 0.342 e. The monoisotopic (exact) mass is 328 g/mol. The van der Waals surface area contributed by atoms with Crippen molar-refractivity contribution in [1.29, 1.82) is 5.26 Å². The lowest BCUT2D eigenvalue weighted by atomic mass is 10.0. The molecule has 0 aliphatic carbocycles. The number of nitrogens with one attached hydrogen (secondary N) is 1. The minimum atomic E-state index is -0.851. The molecule has 2 N–H and O–H groups in total. The molecule has 124 valence electrons. The number of aliphatic hydroxyl groups is 1. The molecule has 0 fully saturated rings. The molecule has 6 heteroatoms.